The number of imide groups is 1. The summed E-state index contributed by atoms with van der Waals surface area (Å²) in [5, 5.41) is 0. The minimum Gasteiger partial charge on any atom is -0.468 e. The monoisotopic (exact) mass is 212 g/mol. The Hall–Kier alpha value is -1.59. The van der Waals surface area contributed by atoms with Crippen LogP contribution in [0.2, 0.25) is 0 Å². The van der Waals surface area contributed by atoms with Crippen molar-refractivity contribution in [1.82, 2.24) is 9.80 Å². The molecule has 3 amide bonds. The van der Waals surface area contributed by atoms with Crippen LogP contribution in [0.25, 0.3) is 0 Å². The third-order valence-corrected chi connectivity index (χ3v) is 2.59. The number of esters is 1. The van der Waals surface area contributed by atoms with E-state index in [0.29, 0.717) is 0 Å². The van der Waals surface area contributed by atoms with E-state index in [1.165, 1.54) is 12.0 Å². The van der Waals surface area contributed by atoms with Crippen molar-refractivity contribution in [2.45, 2.75) is 18.9 Å². The molecule has 0 aromatic rings. The predicted molar refractivity (Wildman–Crippen MR) is 48.9 cm³/mol. The molecule has 1 aliphatic heterocycles. The topological polar surface area (TPSA) is 66.9 Å². The molecule has 2 fully saturated rings. The molecule has 1 aliphatic carbocycles. The first-order chi connectivity index (χ1) is 7.13. The fraction of sp³-hybridized carbons (Fsp3) is 0.667. The van der Waals surface area contributed by atoms with E-state index >= 15 is 0 Å². The molecule has 1 heterocycles. The smallest absolute Gasteiger partial charge is 0.328 e. The fourth-order valence-corrected chi connectivity index (χ4v) is 1.58. The summed E-state index contributed by atoms with van der Waals surface area (Å²) >= 11 is 0. The largest absolute Gasteiger partial charge is 0.468 e. The van der Waals surface area contributed by atoms with Gasteiger partial charge in [-0.05, 0) is 12.8 Å². The lowest BCUT2D eigenvalue weighted by molar-refractivity contribution is -0.144. The number of amides is 3. The third kappa shape index (κ3) is 1.79. The Morgan fingerprint density at radius 1 is 1.47 bits per heavy atom. The number of methoxy groups -OCH3 is 1. The van der Waals surface area contributed by atoms with Crippen LogP contribution in [0.5, 0.6) is 0 Å². The molecule has 0 aromatic heterocycles. The second kappa shape index (κ2) is 3.52. The molecule has 0 N–H and O–H groups in total. The van der Waals surface area contributed by atoms with Gasteiger partial charge < -0.3 is 9.64 Å². The zero-order chi connectivity index (χ0) is 11.0. The average molecular weight is 212 g/mol. The van der Waals surface area contributed by atoms with E-state index in [0.717, 1.165) is 17.7 Å². The lowest BCUT2D eigenvalue weighted by Crippen LogP contribution is -2.37. The Morgan fingerprint density at radius 2 is 2.13 bits per heavy atom. The van der Waals surface area contributed by atoms with Crippen LogP contribution >= 0.6 is 0 Å². The maximum absolute atomic E-state index is 11.7. The summed E-state index contributed by atoms with van der Waals surface area (Å²) in [6, 6.07) is -0.169. The molecule has 0 aromatic carbocycles. The van der Waals surface area contributed by atoms with Crippen molar-refractivity contribution in [3.05, 3.63) is 0 Å². The molecule has 15 heavy (non-hydrogen) atoms. The van der Waals surface area contributed by atoms with Crippen LogP contribution in [0, 0.1) is 0 Å². The Balaban J connectivity index is 2.02. The number of rotatable bonds is 3. The summed E-state index contributed by atoms with van der Waals surface area (Å²) in [5.41, 5.74) is 0. The maximum Gasteiger partial charge on any atom is 0.328 e. The van der Waals surface area contributed by atoms with E-state index in [1.54, 1.807) is 0 Å². The molecule has 6 nitrogen and oxygen atoms in total. The van der Waals surface area contributed by atoms with E-state index in [-0.39, 0.29) is 31.1 Å². The van der Waals surface area contributed by atoms with Crippen molar-refractivity contribution in [2.24, 2.45) is 0 Å². The highest BCUT2D eigenvalue weighted by molar-refractivity contribution is 6.04. The summed E-state index contributed by atoms with van der Waals surface area (Å²) in [4.78, 5) is 36.5. The summed E-state index contributed by atoms with van der Waals surface area (Å²) in [6.45, 7) is -0.183. The van der Waals surface area contributed by atoms with Gasteiger partial charge in [-0.2, -0.15) is 0 Å². The number of carbonyl (C=O) groups excluding carboxylic acids is 3. The molecule has 1 saturated heterocycles. The van der Waals surface area contributed by atoms with Crippen LogP contribution in [0.4, 0.5) is 4.79 Å². The van der Waals surface area contributed by atoms with Crippen LogP contribution < -0.4 is 0 Å². The normalized spacial score (nSPS) is 21.1. The fourth-order valence-electron chi connectivity index (χ4n) is 1.58. The Morgan fingerprint density at radius 3 is 2.67 bits per heavy atom. The van der Waals surface area contributed by atoms with Gasteiger partial charge in [0.15, 0.2) is 0 Å². The minimum absolute atomic E-state index is 0.0977. The SMILES string of the molecule is COC(=O)CN1C(=O)CN(C2CC2)C1=O. The number of urea groups is 1. The molecule has 2 aliphatic rings. The van der Waals surface area contributed by atoms with Crippen molar-refractivity contribution in [1.29, 1.82) is 0 Å². The van der Waals surface area contributed by atoms with Gasteiger partial charge in [0.05, 0.1) is 7.11 Å². The van der Waals surface area contributed by atoms with Crippen molar-refractivity contribution >= 4 is 17.9 Å². The van der Waals surface area contributed by atoms with Gasteiger partial charge >= 0.3 is 12.0 Å². The molecular weight excluding hydrogens is 200 g/mol. The summed E-state index contributed by atoms with van der Waals surface area (Å²) in [5.74, 6) is -0.897. The van der Waals surface area contributed by atoms with E-state index in [4.69, 9.17) is 0 Å². The van der Waals surface area contributed by atoms with Crippen LogP contribution in [0.3, 0.4) is 0 Å². The molecule has 0 atom stereocenters. The number of hydrogen-bond acceptors (Lipinski definition) is 4. The van der Waals surface area contributed by atoms with Crippen molar-refractivity contribution < 1.29 is 19.1 Å². The van der Waals surface area contributed by atoms with E-state index in [2.05, 4.69) is 4.74 Å². The number of ether oxygens (including phenoxy) is 1. The molecule has 6 heteroatoms. The van der Waals surface area contributed by atoms with Gasteiger partial charge in [-0.25, -0.2) is 4.79 Å². The standard InChI is InChI=1S/C9H12N2O4/c1-15-8(13)5-11-7(12)4-10(9(11)14)6-2-3-6/h6H,2-5H2,1H3. The highest BCUT2D eigenvalue weighted by atomic mass is 16.5. The zero-order valence-corrected chi connectivity index (χ0v) is 8.43. The summed E-state index contributed by atoms with van der Waals surface area (Å²) in [6.07, 6.45) is 1.90. The first-order valence-corrected chi connectivity index (χ1v) is 4.81. The number of carbonyl (C=O) groups is 3. The van der Waals surface area contributed by atoms with Gasteiger partial charge in [0, 0.05) is 6.04 Å². The van der Waals surface area contributed by atoms with Gasteiger partial charge in [-0.3, -0.25) is 14.5 Å². The van der Waals surface area contributed by atoms with Gasteiger partial charge in [0.2, 0.25) is 0 Å². The van der Waals surface area contributed by atoms with Gasteiger partial charge in [0.1, 0.15) is 13.1 Å². The number of hydrogen-bond donors (Lipinski definition) is 0. The van der Waals surface area contributed by atoms with Crippen molar-refractivity contribution in [3.8, 4) is 0 Å². The van der Waals surface area contributed by atoms with E-state index in [9.17, 15) is 14.4 Å². The molecule has 0 unspecified atom stereocenters. The second-order valence-electron chi connectivity index (χ2n) is 3.70. The van der Waals surface area contributed by atoms with Gasteiger partial charge in [-0.15, -0.1) is 0 Å². The van der Waals surface area contributed by atoms with Crippen molar-refractivity contribution in [3.63, 3.8) is 0 Å². The summed E-state index contributed by atoms with van der Waals surface area (Å²) < 4.78 is 4.42. The number of nitrogens with zero attached hydrogens (tertiary/aromatic N) is 2. The molecular formula is C9H12N2O4. The Bertz CT molecular complexity index is 324. The first kappa shape index (κ1) is 9.95. The zero-order valence-electron chi connectivity index (χ0n) is 8.43. The van der Waals surface area contributed by atoms with Gasteiger partial charge in [-0.1, -0.05) is 0 Å². The highest BCUT2D eigenvalue weighted by Gasteiger charge is 2.44. The molecule has 0 spiro atoms. The Labute approximate surface area is 86.8 Å². The van der Waals surface area contributed by atoms with Crippen LogP contribution in [0.15, 0.2) is 0 Å². The van der Waals surface area contributed by atoms with Crippen LogP contribution in [0.1, 0.15) is 12.8 Å². The molecule has 0 radical (unpaired) electrons. The lowest BCUT2D eigenvalue weighted by atomic mass is 10.5. The molecule has 82 valence electrons. The van der Waals surface area contributed by atoms with E-state index in [1.807, 2.05) is 0 Å². The molecule has 1 saturated carbocycles. The molecule has 2 rings (SSSR count). The maximum atomic E-state index is 11.7. The third-order valence-electron chi connectivity index (χ3n) is 2.59. The Kier molecular flexibility index (Phi) is 2.34. The van der Waals surface area contributed by atoms with Crippen LogP contribution in [-0.4, -0.2) is 53.9 Å². The average Bonchev–Trinajstić information content (AvgIpc) is 3.00. The quantitative estimate of drug-likeness (QED) is 0.471. The van der Waals surface area contributed by atoms with Gasteiger partial charge in [0.25, 0.3) is 5.91 Å². The second-order valence-corrected chi connectivity index (χ2v) is 3.70. The van der Waals surface area contributed by atoms with E-state index < -0.39 is 5.97 Å². The first-order valence-electron chi connectivity index (χ1n) is 4.81. The lowest BCUT2D eigenvalue weighted by Gasteiger charge is -2.15. The highest BCUT2D eigenvalue weighted by Crippen LogP contribution is 2.30. The van der Waals surface area contributed by atoms with Crippen LogP contribution in [-0.2, 0) is 14.3 Å². The predicted octanol–water partition coefficient (Wildman–Crippen LogP) is -0.414. The molecule has 0 bridgehead atoms. The van der Waals surface area contributed by atoms with Crippen molar-refractivity contribution in [2.75, 3.05) is 20.2 Å². The minimum atomic E-state index is -0.575. The summed E-state index contributed by atoms with van der Waals surface area (Å²) in [7, 11) is 1.23.